The summed E-state index contributed by atoms with van der Waals surface area (Å²) in [5.74, 6) is 0.667. The Balaban J connectivity index is 1.77. The van der Waals surface area contributed by atoms with Crippen LogP contribution in [0.4, 0.5) is 4.39 Å². The van der Waals surface area contributed by atoms with Crippen LogP contribution in [0.5, 0.6) is 0 Å². The molecule has 0 spiro atoms. The SMILES string of the molecule is CCNC(=NCc1ccc(F)c(C)c1)NCCCN1CCCC1. The maximum Gasteiger partial charge on any atom is 0.191 e. The van der Waals surface area contributed by atoms with Gasteiger partial charge in [0.15, 0.2) is 5.96 Å². The molecule has 0 aliphatic carbocycles. The first-order valence-corrected chi connectivity index (χ1v) is 8.68. The minimum absolute atomic E-state index is 0.162. The predicted octanol–water partition coefficient (Wildman–Crippen LogP) is 2.68. The van der Waals surface area contributed by atoms with Crippen molar-refractivity contribution in [3.8, 4) is 0 Å². The van der Waals surface area contributed by atoms with E-state index < -0.39 is 0 Å². The fourth-order valence-corrected chi connectivity index (χ4v) is 2.83. The summed E-state index contributed by atoms with van der Waals surface area (Å²) < 4.78 is 13.3. The number of benzene rings is 1. The molecule has 5 heteroatoms. The number of halogens is 1. The van der Waals surface area contributed by atoms with Crippen LogP contribution in [0.2, 0.25) is 0 Å². The van der Waals surface area contributed by atoms with Gasteiger partial charge in [0.1, 0.15) is 5.82 Å². The Morgan fingerprint density at radius 1 is 1.26 bits per heavy atom. The highest BCUT2D eigenvalue weighted by Gasteiger charge is 2.10. The number of aliphatic imine (C=N–C) groups is 1. The summed E-state index contributed by atoms with van der Waals surface area (Å²) in [6.07, 6.45) is 3.81. The van der Waals surface area contributed by atoms with Crippen LogP contribution in [0.25, 0.3) is 0 Å². The van der Waals surface area contributed by atoms with Gasteiger partial charge in [-0.25, -0.2) is 9.38 Å². The van der Waals surface area contributed by atoms with Crippen molar-refractivity contribution in [1.29, 1.82) is 0 Å². The Morgan fingerprint density at radius 3 is 2.74 bits per heavy atom. The van der Waals surface area contributed by atoms with E-state index in [0.717, 1.165) is 37.6 Å². The molecular weight excluding hydrogens is 291 g/mol. The van der Waals surface area contributed by atoms with Crippen LogP contribution in [0, 0.1) is 12.7 Å². The van der Waals surface area contributed by atoms with E-state index in [9.17, 15) is 4.39 Å². The molecular formula is C18H29FN4. The number of nitrogens with one attached hydrogen (secondary N) is 2. The standard InChI is InChI=1S/C18H29FN4/c1-3-20-18(21-9-6-12-23-10-4-5-11-23)22-14-16-7-8-17(19)15(2)13-16/h7-8,13H,3-6,9-12,14H2,1-2H3,(H2,20,21,22). The lowest BCUT2D eigenvalue weighted by atomic mass is 10.1. The smallest absolute Gasteiger partial charge is 0.191 e. The third-order valence-corrected chi connectivity index (χ3v) is 4.13. The van der Waals surface area contributed by atoms with E-state index in [4.69, 9.17) is 0 Å². The van der Waals surface area contributed by atoms with Crippen molar-refractivity contribution in [1.82, 2.24) is 15.5 Å². The van der Waals surface area contributed by atoms with Gasteiger partial charge < -0.3 is 15.5 Å². The van der Waals surface area contributed by atoms with E-state index in [1.54, 1.807) is 13.0 Å². The number of guanidine groups is 1. The van der Waals surface area contributed by atoms with Gasteiger partial charge in [-0.2, -0.15) is 0 Å². The number of hydrogen-bond donors (Lipinski definition) is 2. The molecule has 4 nitrogen and oxygen atoms in total. The van der Waals surface area contributed by atoms with Gasteiger partial charge in [-0.15, -0.1) is 0 Å². The molecule has 2 rings (SSSR count). The molecule has 1 aliphatic heterocycles. The molecule has 0 bridgehead atoms. The maximum absolute atomic E-state index is 13.3. The van der Waals surface area contributed by atoms with Crippen LogP contribution in [0.15, 0.2) is 23.2 Å². The Bertz CT molecular complexity index is 510. The predicted molar refractivity (Wildman–Crippen MR) is 94.2 cm³/mol. The minimum atomic E-state index is -0.162. The van der Waals surface area contributed by atoms with Crippen LogP contribution in [0.3, 0.4) is 0 Å². The molecule has 0 amide bonds. The Hall–Kier alpha value is -1.62. The average molecular weight is 320 g/mol. The molecule has 0 saturated carbocycles. The summed E-state index contributed by atoms with van der Waals surface area (Å²) in [6.45, 7) is 9.81. The molecule has 128 valence electrons. The lowest BCUT2D eigenvalue weighted by molar-refractivity contribution is 0.334. The van der Waals surface area contributed by atoms with E-state index in [-0.39, 0.29) is 5.82 Å². The summed E-state index contributed by atoms with van der Waals surface area (Å²) in [5.41, 5.74) is 1.69. The molecule has 1 heterocycles. The molecule has 23 heavy (non-hydrogen) atoms. The van der Waals surface area contributed by atoms with Crippen molar-refractivity contribution in [2.24, 2.45) is 4.99 Å². The van der Waals surface area contributed by atoms with Gasteiger partial charge in [-0.1, -0.05) is 12.1 Å². The van der Waals surface area contributed by atoms with Gasteiger partial charge in [0, 0.05) is 13.1 Å². The first-order chi connectivity index (χ1) is 11.2. The van der Waals surface area contributed by atoms with E-state index >= 15 is 0 Å². The fourth-order valence-electron chi connectivity index (χ4n) is 2.83. The van der Waals surface area contributed by atoms with Gasteiger partial charge in [0.05, 0.1) is 6.54 Å². The van der Waals surface area contributed by atoms with Gasteiger partial charge in [0.2, 0.25) is 0 Å². The molecule has 2 N–H and O–H groups in total. The average Bonchev–Trinajstić information content (AvgIpc) is 3.05. The zero-order chi connectivity index (χ0) is 16.5. The second-order valence-electron chi connectivity index (χ2n) is 6.11. The first-order valence-electron chi connectivity index (χ1n) is 8.68. The van der Waals surface area contributed by atoms with Crippen molar-refractivity contribution in [2.45, 2.75) is 39.7 Å². The van der Waals surface area contributed by atoms with Crippen LogP contribution >= 0.6 is 0 Å². The van der Waals surface area contributed by atoms with Gasteiger partial charge >= 0.3 is 0 Å². The Labute approximate surface area is 139 Å². The van der Waals surface area contributed by atoms with E-state index in [1.165, 1.54) is 32.0 Å². The lowest BCUT2D eigenvalue weighted by Gasteiger charge is -2.15. The molecule has 0 radical (unpaired) electrons. The second kappa shape index (κ2) is 9.50. The summed E-state index contributed by atoms with van der Waals surface area (Å²) in [7, 11) is 0. The molecule has 1 aromatic rings. The molecule has 0 aromatic heterocycles. The molecule has 1 aromatic carbocycles. The van der Waals surface area contributed by atoms with Gasteiger partial charge in [0.25, 0.3) is 0 Å². The molecule has 0 unspecified atom stereocenters. The van der Waals surface area contributed by atoms with Crippen LogP contribution < -0.4 is 10.6 Å². The molecule has 1 aliphatic rings. The highest BCUT2D eigenvalue weighted by molar-refractivity contribution is 5.79. The van der Waals surface area contributed by atoms with Crippen LogP contribution in [0.1, 0.15) is 37.3 Å². The quantitative estimate of drug-likeness (QED) is 0.461. The first kappa shape index (κ1) is 17.7. The van der Waals surface area contributed by atoms with Crippen molar-refractivity contribution in [3.05, 3.63) is 35.1 Å². The van der Waals surface area contributed by atoms with Crippen molar-refractivity contribution >= 4 is 5.96 Å². The molecule has 0 atom stereocenters. The summed E-state index contributed by atoms with van der Waals surface area (Å²) >= 11 is 0. The van der Waals surface area contributed by atoms with Gasteiger partial charge in [-0.3, -0.25) is 0 Å². The third-order valence-electron chi connectivity index (χ3n) is 4.13. The van der Waals surface area contributed by atoms with E-state index in [2.05, 4.69) is 27.4 Å². The second-order valence-corrected chi connectivity index (χ2v) is 6.11. The Kier molecular flexibility index (Phi) is 7.33. The highest BCUT2D eigenvalue weighted by Crippen LogP contribution is 2.10. The van der Waals surface area contributed by atoms with Crippen LogP contribution in [-0.4, -0.2) is 43.6 Å². The fraction of sp³-hybridized carbons (Fsp3) is 0.611. The summed E-state index contributed by atoms with van der Waals surface area (Å²) in [4.78, 5) is 7.10. The van der Waals surface area contributed by atoms with Crippen molar-refractivity contribution < 1.29 is 4.39 Å². The largest absolute Gasteiger partial charge is 0.357 e. The van der Waals surface area contributed by atoms with Crippen molar-refractivity contribution in [2.75, 3.05) is 32.7 Å². The minimum Gasteiger partial charge on any atom is -0.357 e. The number of nitrogens with zero attached hydrogens (tertiary/aromatic N) is 2. The zero-order valence-corrected chi connectivity index (χ0v) is 14.4. The van der Waals surface area contributed by atoms with Crippen LogP contribution in [-0.2, 0) is 6.54 Å². The molecule has 1 fully saturated rings. The topological polar surface area (TPSA) is 39.7 Å². The number of aryl methyl sites for hydroxylation is 1. The number of hydrogen-bond acceptors (Lipinski definition) is 2. The Morgan fingerprint density at radius 2 is 2.04 bits per heavy atom. The number of rotatable bonds is 7. The highest BCUT2D eigenvalue weighted by atomic mass is 19.1. The number of likely N-dealkylation sites (tertiary alicyclic amines) is 1. The van der Waals surface area contributed by atoms with Crippen molar-refractivity contribution in [3.63, 3.8) is 0 Å². The maximum atomic E-state index is 13.3. The normalized spacial score (nSPS) is 15.9. The van der Waals surface area contributed by atoms with E-state index in [0.29, 0.717) is 12.1 Å². The summed E-state index contributed by atoms with van der Waals surface area (Å²) in [5, 5.41) is 6.64. The monoisotopic (exact) mass is 320 g/mol. The third kappa shape index (κ3) is 6.18. The van der Waals surface area contributed by atoms with Gasteiger partial charge in [-0.05, 0) is 69.9 Å². The summed E-state index contributed by atoms with van der Waals surface area (Å²) in [6, 6.07) is 5.16. The molecule has 1 saturated heterocycles. The van der Waals surface area contributed by atoms with E-state index in [1.807, 2.05) is 6.07 Å². The zero-order valence-electron chi connectivity index (χ0n) is 14.4. The lowest BCUT2D eigenvalue weighted by Crippen LogP contribution is -2.38.